The normalized spacial score (nSPS) is 15.3. The summed E-state index contributed by atoms with van der Waals surface area (Å²) in [5.74, 6) is -0.381. The Morgan fingerprint density at radius 2 is 1.84 bits per heavy atom. The summed E-state index contributed by atoms with van der Waals surface area (Å²) in [5.41, 5.74) is -0.736. The van der Waals surface area contributed by atoms with Crippen LogP contribution in [-0.4, -0.2) is 34.8 Å². The maximum atomic E-state index is 12.9. The number of pyridine rings is 1. The van der Waals surface area contributed by atoms with E-state index in [0.29, 0.717) is 36.8 Å². The Balaban J connectivity index is 1.54. The number of piperidine rings is 1. The Bertz CT molecular complexity index is 986. The van der Waals surface area contributed by atoms with Gasteiger partial charge in [-0.05, 0) is 48.7 Å². The molecule has 1 N–H and O–H groups in total. The van der Waals surface area contributed by atoms with Crippen molar-refractivity contribution >= 4 is 46.9 Å². The van der Waals surface area contributed by atoms with Gasteiger partial charge in [0.2, 0.25) is 11.8 Å². The summed E-state index contributed by atoms with van der Waals surface area (Å²) in [6, 6.07) is 6.67. The topological polar surface area (TPSA) is 62.3 Å². The molecule has 2 amide bonds. The first-order valence-electron chi connectivity index (χ1n) is 9.39. The minimum absolute atomic E-state index is 0.182. The fourth-order valence-electron chi connectivity index (χ4n) is 3.18. The van der Waals surface area contributed by atoms with Crippen molar-refractivity contribution in [3.05, 3.63) is 63.8 Å². The molecule has 0 bridgehead atoms. The number of benzene rings is 1. The Hall–Kier alpha value is -2.58. The molecule has 1 aliphatic heterocycles. The second-order valence-corrected chi connectivity index (χ2v) is 7.86. The molecule has 2 heterocycles. The second-order valence-electron chi connectivity index (χ2n) is 7.02. The number of rotatable bonds is 4. The van der Waals surface area contributed by atoms with Gasteiger partial charge < -0.3 is 10.2 Å². The van der Waals surface area contributed by atoms with Gasteiger partial charge in [0, 0.05) is 31.3 Å². The van der Waals surface area contributed by atoms with Gasteiger partial charge in [-0.2, -0.15) is 13.2 Å². The van der Waals surface area contributed by atoms with Crippen LogP contribution in [0.25, 0.3) is 6.08 Å². The lowest BCUT2D eigenvalue weighted by atomic mass is 9.96. The molecule has 164 valence electrons. The van der Waals surface area contributed by atoms with Gasteiger partial charge in [0.15, 0.2) is 0 Å². The lowest BCUT2D eigenvalue weighted by Crippen LogP contribution is -2.40. The van der Waals surface area contributed by atoms with E-state index in [1.54, 1.807) is 17.0 Å². The summed E-state index contributed by atoms with van der Waals surface area (Å²) in [5, 5.41) is 2.79. The summed E-state index contributed by atoms with van der Waals surface area (Å²) < 4.78 is 38.8. The zero-order valence-corrected chi connectivity index (χ0v) is 17.6. The first kappa shape index (κ1) is 23.1. The van der Waals surface area contributed by atoms with E-state index < -0.39 is 16.8 Å². The Morgan fingerprint density at radius 3 is 2.45 bits per heavy atom. The van der Waals surface area contributed by atoms with E-state index >= 15 is 0 Å². The number of alkyl halides is 3. The predicted molar refractivity (Wildman–Crippen MR) is 113 cm³/mol. The third-order valence-electron chi connectivity index (χ3n) is 4.87. The maximum absolute atomic E-state index is 12.9. The lowest BCUT2D eigenvalue weighted by Gasteiger charge is -2.30. The van der Waals surface area contributed by atoms with Gasteiger partial charge >= 0.3 is 6.18 Å². The van der Waals surface area contributed by atoms with Gasteiger partial charge in [-0.25, -0.2) is 4.98 Å². The fraction of sp³-hybridized carbons (Fsp3) is 0.286. The van der Waals surface area contributed by atoms with Crippen LogP contribution in [0.1, 0.15) is 24.0 Å². The number of hydrogen-bond donors (Lipinski definition) is 1. The number of carbonyl (C=O) groups excluding carboxylic acids is 2. The number of aromatic nitrogens is 1. The van der Waals surface area contributed by atoms with Gasteiger partial charge in [0.25, 0.3) is 0 Å². The molecule has 0 saturated carbocycles. The van der Waals surface area contributed by atoms with Crippen LogP contribution in [0, 0.1) is 5.92 Å². The highest BCUT2D eigenvalue weighted by Crippen LogP contribution is 2.35. The van der Waals surface area contributed by atoms with E-state index in [9.17, 15) is 22.8 Å². The molecular weight excluding hydrogens is 454 g/mol. The Kier molecular flexibility index (Phi) is 7.23. The molecule has 2 aromatic rings. The highest BCUT2D eigenvalue weighted by Gasteiger charge is 2.33. The molecule has 3 rings (SSSR count). The molecule has 10 heteroatoms. The summed E-state index contributed by atoms with van der Waals surface area (Å²) in [6.45, 7) is 0.730. The van der Waals surface area contributed by atoms with Crippen molar-refractivity contribution in [2.24, 2.45) is 5.92 Å². The predicted octanol–water partition coefficient (Wildman–Crippen LogP) is 5.30. The van der Waals surface area contributed by atoms with Crippen molar-refractivity contribution in [3.8, 4) is 0 Å². The monoisotopic (exact) mass is 471 g/mol. The fourth-order valence-corrected chi connectivity index (χ4v) is 3.51. The first-order valence-corrected chi connectivity index (χ1v) is 10.2. The molecule has 1 saturated heterocycles. The van der Waals surface area contributed by atoms with Crippen LogP contribution >= 0.6 is 23.2 Å². The third-order valence-corrected chi connectivity index (χ3v) is 5.42. The smallest absolute Gasteiger partial charge is 0.339 e. The molecule has 1 aromatic carbocycles. The molecule has 5 nitrogen and oxygen atoms in total. The highest BCUT2D eigenvalue weighted by molar-refractivity contribution is 6.31. The van der Waals surface area contributed by atoms with Crippen LogP contribution in [0.2, 0.25) is 10.0 Å². The molecule has 0 aliphatic carbocycles. The molecule has 1 aromatic heterocycles. The van der Waals surface area contributed by atoms with Crippen molar-refractivity contribution in [1.82, 2.24) is 9.88 Å². The maximum Gasteiger partial charge on any atom is 0.417 e. The van der Waals surface area contributed by atoms with E-state index in [1.165, 1.54) is 24.4 Å². The van der Waals surface area contributed by atoms with Crippen molar-refractivity contribution < 1.29 is 22.8 Å². The summed E-state index contributed by atoms with van der Waals surface area (Å²) in [6.07, 6.45) is 0.342. The first-order chi connectivity index (χ1) is 14.6. The Labute approximate surface area is 186 Å². The summed E-state index contributed by atoms with van der Waals surface area (Å²) in [7, 11) is 0. The van der Waals surface area contributed by atoms with Crippen LogP contribution in [-0.2, 0) is 15.8 Å². The van der Waals surface area contributed by atoms with E-state index in [1.807, 2.05) is 0 Å². The molecule has 0 unspecified atom stereocenters. The van der Waals surface area contributed by atoms with E-state index in [4.69, 9.17) is 23.2 Å². The lowest BCUT2D eigenvalue weighted by molar-refractivity contribution is -0.137. The highest BCUT2D eigenvalue weighted by atomic mass is 35.5. The SMILES string of the molecule is O=C(Nc1ccc(Cl)cn1)C1CCN(C(=O)/C=C/c2ccc(Cl)c(C(F)(F)F)c2)CC1. The average molecular weight is 472 g/mol. The van der Waals surface area contributed by atoms with E-state index in [0.717, 1.165) is 12.1 Å². The minimum Gasteiger partial charge on any atom is -0.339 e. The van der Waals surface area contributed by atoms with Crippen molar-refractivity contribution in [3.63, 3.8) is 0 Å². The number of anilines is 1. The molecule has 0 radical (unpaired) electrons. The largest absolute Gasteiger partial charge is 0.417 e. The molecule has 0 atom stereocenters. The van der Waals surface area contributed by atoms with Gasteiger partial charge in [-0.1, -0.05) is 29.3 Å². The number of carbonyl (C=O) groups is 2. The minimum atomic E-state index is -4.57. The zero-order valence-electron chi connectivity index (χ0n) is 16.1. The number of hydrogen-bond acceptors (Lipinski definition) is 3. The van der Waals surface area contributed by atoms with Gasteiger partial charge in [0.1, 0.15) is 5.82 Å². The van der Waals surface area contributed by atoms with Gasteiger partial charge in [0.05, 0.1) is 15.6 Å². The van der Waals surface area contributed by atoms with Crippen LogP contribution < -0.4 is 5.32 Å². The van der Waals surface area contributed by atoms with E-state index in [-0.39, 0.29) is 23.3 Å². The Morgan fingerprint density at radius 1 is 1.13 bits per heavy atom. The number of amides is 2. The zero-order chi connectivity index (χ0) is 22.6. The molecular formula is C21H18Cl2F3N3O2. The number of nitrogens with one attached hydrogen (secondary N) is 1. The van der Waals surface area contributed by atoms with Crippen molar-refractivity contribution in [2.45, 2.75) is 19.0 Å². The average Bonchev–Trinajstić information content (AvgIpc) is 2.74. The second kappa shape index (κ2) is 9.70. The van der Waals surface area contributed by atoms with Gasteiger partial charge in [-0.15, -0.1) is 0 Å². The number of likely N-dealkylation sites (tertiary alicyclic amines) is 1. The summed E-state index contributed by atoms with van der Waals surface area (Å²) >= 11 is 11.4. The van der Waals surface area contributed by atoms with Gasteiger partial charge in [-0.3, -0.25) is 9.59 Å². The number of nitrogens with zero attached hydrogens (tertiary/aromatic N) is 2. The molecule has 31 heavy (non-hydrogen) atoms. The molecule has 1 aliphatic rings. The third kappa shape index (κ3) is 6.21. The quantitative estimate of drug-likeness (QED) is 0.615. The van der Waals surface area contributed by atoms with Crippen molar-refractivity contribution in [1.29, 1.82) is 0 Å². The molecule has 1 fully saturated rings. The standard InChI is InChI=1S/C21H18Cl2F3N3O2/c22-15-3-5-18(27-12-15)28-20(31)14-7-9-29(10-8-14)19(30)6-2-13-1-4-17(23)16(11-13)21(24,25)26/h1-6,11-12,14H,7-10H2,(H,27,28,31)/b6-2+. The van der Waals surface area contributed by atoms with Crippen LogP contribution in [0.15, 0.2) is 42.6 Å². The molecule has 0 spiro atoms. The van der Waals surface area contributed by atoms with Crippen molar-refractivity contribution in [2.75, 3.05) is 18.4 Å². The van der Waals surface area contributed by atoms with Crippen LogP contribution in [0.4, 0.5) is 19.0 Å². The van der Waals surface area contributed by atoms with E-state index in [2.05, 4.69) is 10.3 Å². The number of halogens is 5. The van der Waals surface area contributed by atoms with Crippen LogP contribution in [0.5, 0.6) is 0 Å². The van der Waals surface area contributed by atoms with Crippen LogP contribution in [0.3, 0.4) is 0 Å². The summed E-state index contributed by atoms with van der Waals surface area (Å²) in [4.78, 5) is 30.3.